The van der Waals surface area contributed by atoms with Gasteiger partial charge in [-0.05, 0) is 49.8 Å². The van der Waals surface area contributed by atoms with E-state index in [1.165, 1.54) is 17.0 Å². The normalized spacial score (nSPS) is 27.3. The van der Waals surface area contributed by atoms with Crippen molar-refractivity contribution in [2.45, 2.75) is 63.1 Å². The molecule has 0 saturated carbocycles. The second-order valence-electron chi connectivity index (χ2n) is 10.1. The molecule has 4 unspecified atom stereocenters. The van der Waals surface area contributed by atoms with E-state index in [0.717, 1.165) is 67.1 Å². The smallest absolute Gasteiger partial charge is 0.136 e. The minimum atomic E-state index is -0.102. The summed E-state index contributed by atoms with van der Waals surface area (Å²) in [6, 6.07) is 12.8. The average molecular weight is 487 g/mol. The third-order valence-electron chi connectivity index (χ3n) is 7.90. The van der Waals surface area contributed by atoms with Crippen LogP contribution in [0.3, 0.4) is 0 Å². The van der Waals surface area contributed by atoms with Crippen LogP contribution in [0.15, 0.2) is 68.4 Å². The fourth-order valence-corrected chi connectivity index (χ4v) is 5.83. The molecular formula is C30H34N2O4. The standard InChI is InChI=1S/C30H34N2O4/c1-33-22-11-8-20-9-12-26(32-27(20)14-22)30-17-24-28(15-23(34-2)16-29(24)36-30)35-18-21-10-13-25(31-21)19-6-4-3-5-7-19/h3-7,11,16-17,20-21,26,28H,8-10,12-15,18H2,1-2H3. The molecule has 0 radical (unpaired) electrons. The van der Waals surface area contributed by atoms with Gasteiger partial charge in [0.2, 0.25) is 0 Å². The van der Waals surface area contributed by atoms with Crippen LogP contribution < -0.4 is 0 Å². The van der Waals surface area contributed by atoms with Gasteiger partial charge in [-0.3, -0.25) is 9.98 Å². The van der Waals surface area contributed by atoms with Gasteiger partial charge in [0, 0.05) is 41.8 Å². The first-order chi connectivity index (χ1) is 17.7. The molecule has 6 nitrogen and oxygen atoms in total. The molecule has 1 aromatic heterocycles. The summed E-state index contributed by atoms with van der Waals surface area (Å²) in [6.45, 7) is 0.595. The lowest BCUT2D eigenvalue weighted by atomic mass is 9.83. The van der Waals surface area contributed by atoms with Gasteiger partial charge in [-0.25, -0.2) is 0 Å². The Morgan fingerprint density at radius 2 is 1.86 bits per heavy atom. The number of benzene rings is 1. The van der Waals surface area contributed by atoms with Gasteiger partial charge >= 0.3 is 0 Å². The van der Waals surface area contributed by atoms with Crippen molar-refractivity contribution in [2.24, 2.45) is 15.9 Å². The Kier molecular flexibility index (Phi) is 6.53. The summed E-state index contributed by atoms with van der Waals surface area (Å²) >= 11 is 0. The van der Waals surface area contributed by atoms with Gasteiger partial charge in [0.15, 0.2) is 0 Å². The van der Waals surface area contributed by atoms with Crippen molar-refractivity contribution in [1.29, 1.82) is 0 Å². The SMILES string of the molecule is COC1=CCC2CCC(c3cc4c(o3)C=C(OC)CC4OCC3CCC(c4ccccc4)=N3)N=C2C1. The maximum Gasteiger partial charge on any atom is 0.136 e. The number of aliphatic imine (C=N–C) groups is 2. The molecule has 0 N–H and O–H groups in total. The molecule has 4 aliphatic rings. The third kappa shape index (κ3) is 4.66. The lowest BCUT2D eigenvalue weighted by Crippen LogP contribution is -2.24. The maximum atomic E-state index is 6.48. The summed E-state index contributed by atoms with van der Waals surface area (Å²) in [5.41, 5.74) is 4.74. The number of fused-ring (bicyclic) bond motifs is 2. The van der Waals surface area contributed by atoms with Gasteiger partial charge < -0.3 is 18.6 Å². The Morgan fingerprint density at radius 1 is 1.00 bits per heavy atom. The summed E-state index contributed by atoms with van der Waals surface area (Å²) in [5.74, 6) is 4.20. The molecule has 0 spiro atoms. The van der Waals surface area contributed by atoms with Crippen LogP contribution in [0.5, 0.6) is 0 Å². The molecule has 2 aliphatic heterocycles. The quantitative estimate of drug-likeness (QED) is 0.442. The summed E-state index contributed by atoms with van der Waals surface area (Å²) in [6.07, 6.45) is 10.8. The largest absolute Gasteiger partial charge is 0.501 e. The highest BCUT2D eigenvalue weighted by atomic mass is 16.5. The molecule has 0 amide bonds. The van der Waals surface area contributed by atoms with E-state index in [2.05, 4.69) is 36.4 Å². The topological polar surface area (TPSA) is 65.5 Å². The van der Waals surface area contributed by atoms with E-state index in [4.69, 9.17) is 28.6 Å². The second-order valence-corrected chi connectivity index (χ2v) is 10.1. The fraction of sp³-hybridized carbons (Fsp3) is 0.467. The van der Waals surface area contributed by atoms with Gasteiger partial charge in [0.25, 0.3) is 0 Å². The second kappa shape index (κ2) is 10.1. The van der Waals surface area contributed by atoms with Gasteiger partial charge in [-0.2, -0.15) is 0 Å². The fourth-order valence-electron chi connectivity index (χ4n) is 5.83. The van der Waals surface area contributed by atoms with Crippen LogP contribution in [0.1, 0.15) is 79.7 Å². The number of rotatable bonds is 7. The van der Waals surface area contributed by atoms with Gasteiger partial charge in [0.05, 0.1) is 38.7 Å². The minimum Gasteiger partial charge on any atom is -0.501 e. The van der Waals surface area contributed by atoms with Crippen LogP contribution in [-0.4, -0.2) is 38.3 Å². The molecule has 4 atom stereocenters. The summed E-state index contributed by atoms with van der Waals surface area (Å²) in [4.78, 5) is 10.1. The third-order valence-corrected chi connectivity index (χ3v) is 7.90. The predicted octanol–water partition coefficient (Wildman–Crippen LogP) is 6.60. The van der Waals surface area contributed by atoms with E-state index in [-0.39, 0.29) is 18.2 Å². The number of nitrogens with zero attached hydrogens (tertiary/aromatic N) is 2. The molecule has 2 aromatic rings. The first-order valence-electron chi connectivity index (χ1n) is 13.1. The first-order valence-corrected chi connectivity index (χ1v) is 13.1. The van der Waals surface area contributed by atoms with Crippen molar-refractivity contribution in [1.82, 2.24) is 0 Å². The van der Waals surface area contributed by atoms with Crippen molar-refractivity contribution < 1.29 is 18.6 Å². The zero-order valence-electron chi connectivity index (χ0n) is 21.1. The molecular weight excluding hydrogens is 452 g/mol. The molecule has 6 heteroatoms. The van der Waals surface area contributed by atoms with E-state index in [1.54, 1.807) is 14.2 Å². The van der Waals surface area contributed by atoms with Crippen molar-refractivity contribution in [3.63, 3.8) is 0 Å². The Hall–Kier alpha value is -3.12. The molecule has 6 rings (SSSR count). The van der Waals surface area contributed by atoms with Crippen molar-refractivity contribution in [3.8, 4) is 0 Å². The van der Waals surface area contributed by atoms with Crippen LogP contribution in [0.2, 0.25) is 0 Å². The lowest BCUT2D eigenvalue weighted by molar-refractivity contribution is 0.0333. The summed E-state index contributed by atoms with van der Waals surface area (Å²) in [7, 11) is 3.45. The molecule has 0 saturated heterocycles. The van der Waals surface area contributed by atoms with E-state index >= 15 is 0 Å². The van der Waals surface area contributed by atoms with Crippen LogP contribution in [-0.2, 0) is 14.2 Å². The van der Waals surface area contributed by atoms with Crippen molar-refractivity contribution in [3.05, 3.63) is 76.6 Å². The monoisotopic (exact) mass is 486 g/mol. The molecule has 188 valence electrons. The summed E-state index contributed by atoms with van der Waals surface area (Å²) < 4.78 is 24.0. The Bertz CT molecular complexity index is 1220. The number of hydrogen-bond donors (Lipinski definition) is 0. The van der Waals surface area contributed by atoms with E-state index in [0.29, 0.717) is 18.9 Å². The highest BCUT2D eigenvalue weighted by Crippen LogP contribution is 2.42. The molecule has 0 bridgehead atoms. The lowest BCUT2D eigenvalue weighted by Gasteiger charge is -2.29. The Balaban J connectivity index is 1.18. The molecule has 0 fully saturated rings. The number of allylic oxidation sites excluding steroid dienone is 2. The zero-order chi connectivity index (χ0) is 24.5. The summed E-state index contributed by atoms with van der Waals surface area (Å²) in [5, 5.41) is 0. The van der Waals surface area contributed by atoms with E-state index in [9.17, 15) is 0 Å². The Morgan fingerprint density at radius 3 is 2.69 bits per heavy atom. The van der Waals surface area contributed by atoms with Crippen molar-refractivity contribution >= 4 is 17.5 Å². The van der Waals surface area contributed by atoms with Gasteiger partial charge in [0.1, 0.15) is 23.3 Å². The molecule has 3 heterocycles. The van der Waals surface area contributed by atoms with Gasteiger partial charge in [-0.1, -0.05) is 30.3 Å². The molecule has 36 heavy (non-hydrogen) atoms. The van der Waals surface area contributed by atoms with Crippen LogP contribution >= 0.6 is 0 Å². The highest BCUT2D eigenvalue weighted by molar-refractivity contribution is 6.01. The number of methoxy groups -OCH3 is 2. The zero-order valence-corrected chi connectivity index (χ0v) is 21.1. The van der Waals surface area contributed by atoms with Crippen molar-refractivity contribution in [2.75, 3.05) is 20.8 Å². The van der Waals surface area contributed by atoms with Crippen LogP contribution in [0.4, 0.5) is 0 Å². The molecule has 1 aromatic carbocycles. The van der Waals surface area contributed by atoms with E-state index in [1.807, 2.05) is 12.1 Å². The predicted molar refractivity (Wildman–Crippen MR) is 140 cm³/mol. The van der Waals surface area contributed by atoms with Crippen LogP contribution in [0.25, 0.3) is 6.08 Å². The van der Waals surface area contributed by atoms with E-state index < -0.39 is 0 Å². The van der Waals surface area contributed by atoms with Crippen LogP contribution in [0, 0.1) is 5.92 Å². The highest BCUT2D eigenvalue weighted by Gasteiger charge is 2.33. The number of hydrogen-bond acceptors (Lipinski definition) is 6. The maximum absolute atomic E-state index is 6.48. The Labute approximate surface area is 212 Å². The number of furan rings is 1. The van der Waals surface area contributed by atoms with Gasteiger partial charge in [-0.15, -0.1) is 0 Å². The number of ether oxygens (including phenoxy) is 3. The minimum absolute atomic E-state index is 0.0472. The average Bonchev–Trinajstić information content (AvgIpc) is 3.59. The molecule has 2 aliphatic carbocycles. The first kappa shape index (κ1) is 23.3.